The van der Waals surface area contributed by atoms with E-state index in [4.69, 9.17) is 0 Å². The molecule has 10 aromatic carbocycles. The van der Waals surface area contributed by atoms with E-state index in [-0.39, 0.29) is 10.8 Å². The minimum Gasteiger partial charge on any atom is -0.310 e. The molecule has 0 radical (unpaired) electrons. The van der Waals surface area contributed by atoms with Crippen LogP contribution in [-0.4, -0.2) is 0 Å². The first-order valence-electron chi connectivity index (χ1n) is 24.4. The lowest BCUT2D eigenvalue weighted by Crippen LogP contribution is -2.34. The summed E-state index contributed by atoms with van der Waals surface area (Å²) in [5.41, 5.74) is 23.9. The molecular weight excluding hydrogens is 819 g/mol. The van der Waals surface area contributed by atoms with Crippen molar-refractivity contribution in [3.63, 3.8) is 0 Å². The minimum atomic E-state index is -0.495. The van der Waals surface area contributed by atoms with Gasteiger partial charge in [-0.25, -0.2) is 0 Å². The van der Waals surface area contributed by atoms with E-state index in [0.717, 1.165) is 24.2 Å². The Balaban J connectivity index is 1.13. The first-order valence-corrected chi connectivity index (χ1v) is 24.4. The second-order valence-electron chi connectivity index (χ2n) is 20.6. The van der Waals surface area contributed by atoms with Crippen molar-refractivity contribution in [1.29, 1.82) is 0 Å². The average molecular weight is 872 g/mol. The summed E-state index contributed by atoms with van der Waals surface area (Å²) in [5, 5.41) is 2.51. The predicted molar refractivity (Wildman–Crippen MR) is 287 cm³/mol. The molecule has 1 heteroatoms. The molecule has 0 unspecified atom stereocenters. The van der Waals surface area contributed by atoms with Crippen LogP contribution in [0, 0.1) is 0 Å². The number of hydrogen-bond donors (Lipinski definition) is 0. The van der Waals surface area contributed by atoms with Crippen molar-refractivity contribution in [1.82, 2.24) is 0 Å². The van der Waals surface area contributed by atoms with Crippen LogP contribution in [-0.2, 0) is 16.2 Å². The van der Waals surface area contributed by atoms with Crippen molar-refractivity contribution < 1.29 is 0 Å². The molecule has 0 amide bonds. The van der Waals surface area contributed by atoms with Crippen molar-refractivity contribution in [2.75, 3.05) is 4.90 Å². The van der Waals surface area contributed by atoms with E-state index >= 15 is 0 Å². The van der Waals surface area contributed by atoms with Crippen LogP contribution in [0.5, 0.6) is 0 Å². The fourth-order valence-corrected chi connectivity index (χ4v) is 12.6. The van der Waals surface area contributed by atoms with Gasteiger partial charge in [-0.1, -0.05) is 216 Å². The SMILES string of the molecule is CC1(C)CCC(C)(C)c2c(-c3cc4c(cc3N(c3ccc(-c5ccccc5)cc3)c3ccc(-c5cccc6ccccc56)cc3)C3(c5ccccc5-c5ccccc53)c3ccccc3-4)cccc21. The molecule has 1 nitrogen and oxygen atoms in total. The summed E-state index contributed by atoms with van der Waals surface area (Å²) in [6.07, 6.45) is 2.29. The van der Waals surface area contributed by atoms with E-state index in [0.29, 0.717) is 0 Å². The first kappa shape index (κ1) is 40.5. The second kappa shape index (κ2) is 15.1. The van der Waals surface area contributed by atoms with E-state index < -0.39 is 5.41 Å². The lowest BCUT2D eigenvalue weighted by atomic mass is 9.61. The molecule has 3 aliphatic carbocycles. The van der Waals surface area contributed by atoms with Gasteiger partial charge in [0.15, 0.2) is 0 Å². The van der Waals surface area contributed by atoms with Crippen LogP contribution in [0.1, 0.15) is 73.9 Å². The van der Waals surface area contributed by atoms with Gasteiger partial charge in [0, 0.05) is 16.9 Å². The summed E-state index contributed by atoms with van der Waals surface area (Å²) >= 11 is 0. The van der Waals surface area contributed by atoms with Gasteiger partial charge >= 0.3 is 0 Å². The number of anilines is 3. The second-order valence-corrected chi connectivity index (χ2v) is 20.6. The highest BCUT2D eigenvalue weighted by Crippen LogP contribution is 2.65. The van der Waals surface area contributed by atoms with Crippen LogP contribution >= 0.6 is 0 Å². The third-order valence-corrected chi connectivity index (χ3v) is 15.9. The molecule has 0 bridgehead atoms. The van der Waals surface area contributed by atoms with E-state index in [9.17, 15) is 0 Å². The third-order valence-electron chi connectivity index (χ3n) is 15.9. The van der Waals surface area contributed by atoms with Gasteiger partial charge in [-0.05, 0) is 154 Å². The fraction of sp³-hybridized carbons (Fsp3) is 0.134. The normalized spacial score (nSPS) is 15.3. The number of nitrogens with zero attached hydrogens (tertiary/aromatic N) is 1. The van der Waals surface area contributed by atoms with Crippen molar-refractivity contribution in [2.24, 2.45) is 0 Å². The molecular formula is C67H53N. The van der Waals surface area contributed by atoms with E-state index in [1.54, 1.807) is 0 Å². The predicted octanol–water partition coefficient (Wildman–Crippen LogP) is 18.0. The van der Waals surface area contributed by atoms with Crippen molar-refractivity contribution >= 4 is 27.8 Å². The quantitative estimate of drug-likeness (QED) is 0.161. The Bertz CT molecular complexity index is 3560. The highest BCUT2D eigenvalue weighted by atomic mass is 15.1. The molecule has 0 atom stereocenters. The van der Waals surface area contributed by atoms with Gasteiger partial charge in [-0.2, -0.15) is 0 Å². The van der Waals surface area contributed by atoms with Crippen LogP contribution in [0.3, 0.4) is 0 Å². The highest BCUT2D eigenvalue weighted by molar-refractivity contribution is 6.01. The van der Waals surface area contributed by atoms with Gasteiger partial charge < -0.3 is 4.90 Å². The molecule has 68 heavy (non-hydrogen) atoms. The monoisotopic (exact) mass is 871 g/mol. The van der Waals surface area contributed by atoms with Crippen LogP contribution in [0.25, 0.3) is 66.4 Å². The van der Waals surface area contributed by atoms with Gasteiger partial charge in [0.05, 0.1) is 11.1 Å². The zero-order valence-electron chi connectivity index (χ0n) is 39.2. The van der Waals surface area contributed by atoms with Gasteiger partial charge in [0.25, 0.3) is 0 Å². The summed E-state index contributed by atoms with van der Waals surface area (Å²) in [6, 6.07) is 84.6. The molecule has 0 saturated carbocycles. The zero-order valence-corrected chi connectivity index (χ0v) is 39.2. The van der Waals surface area contributed by atoms with E-state index in [1.807, 2.05) is 0 Å². The summed E-state index contributed by atoms with van der Waals surface area (Å²) in [7, 11) is 0. The Morgan fingerprint density at radius 2 is 0.794 bits per heavy atom. The Labute approximate surface area is 401 Å². The van der Waals surface area contributed by atoms with E-state index in [1.165, 1.54) is 105 Å². The number of rotatable bonds is 6. The maximum atomic E-state index is 2.60. The first-order chi connectivity index (χ1) is 33.2. The maximum Gasteiger partial charge on any atom is 0.0726 e. The number of benzene rings is 10. The molecule has 10 aromatic rings. The van der Waals surface area contributed by atoms with Crippen LogP contribution < -0.4 is 4.90 Å². The third kappa shape index (κ3) is 5.94. The van der Waals surface area contributed by atoms with Crippen molar-refractivity contribution in [3.05, 3.63) is 258 Å². The molecule has 0 aliphatic heterocycles. The van der Waals surface area contributed by atoms with Crippen molar-refractivity contribution in [2.45, 2.75) is 56.8 Å². The summed E-state index contributed by atoms with van der Waals surface area (Å²) in [5.74, 6) is 0. The molecule has 13 rings (SSSR count). The largest absolute Gasteiger partial charge is 0.310 e. The highest BCUT2D eigenvalue weighted by Gasteiger charge is 2.52. The molecule has 0 saturated heterocycles. The minimum absolute atomic E-state index is 0.0253. The molecule has 1 spiro atoms. The summed E-state index contributed by atoms with van der Waals surface area (Å²) in [4.78, 5) is 2.56. The topological polar surface area (TPSA) is 3.24 Å². The van der Waals surface area contributed by atoms with Gasteiger partial charge in [-0.15, -0.1) is 0 Å². The number of hydrogen-bond acceptors (Lipinski definition) is 1. The molecule has 0 N–H and O–H groups in total. The lowest BCUT2D eigenvalue weighted by molar-refractivity contribution is 0.333. The molecule has 3 aliphatic rings. The molecule has 0 fully saturated rings. The molecule has 326 valence electrons. The van der Waals surface area contributed by atoms with Crippen LogP contribution in [0.4, 0.5) is 17.1 Å². The maximum absolute atomic E-state index is 2.60. The van der Waals surface area contributed by atoms with Gasteiger partial charge in [0.2, 0.25) is 0 Å². The fourth-order valence-electron chi connectivity index (χ4n) is 12.6. The Morgan fingerprint density at radius 3 is 1.46 bits per heavy atom. The van der Waals surface area contributed by atoms with Crippen molar-refractivity contribution in [3.8, 4) is 55.6 Å². The smallest absolute Gasteiger partial charge is 0.0726 e. The number of fused-ring (bicyclic) bond motifs is 12. The zero-order chi connectivity index (χ0) is 45.8. The van der Waals surface area contributed by atoms with Gasteiger partial charge in [0.1, 0.15) is 0 Å². The summed E-state index contributed by atoms with van der Waals surface area (Å²) < 4.78 is 0. The Hall–Kier alpha value is -7.74. The van der Waals surface area contributed by atoms with E-state index in [2.05, 4.69) is 257 Å². The Kier molecular flexibility index (Phi) is 9.02. The van der Waals surface area contributed by atoms with Crippen LogP contribution in [0.15, 0.2) is 224 Å². The average Bonchev–Trinajstić information content (AvgIpc) is 3.85. The lowest BCUT2D eigenvalue weighted by Gasteiger charge is -2.43. The van der Waals surface area contributed by atoms with Crippen LogP contribution in [0.2, 0.25) is 0 Å². The standard InChI is InChI=1S/C67H53N/c1-65(2)40-41-66(3,4)64-55(27-17-31-61(64)65)57-42-56-54-25-12-15-30-60(54)67(58-28-13-10-23-52(58)53-24-11-14-29-59(53)67)62(56)43-63(57)68(48-36-32-45(33-37-48)44-18-6-5-7-19-44)49-38-34-47(35-39-49)51-26-16-21-46-20-8-9-22-50(46)51/h5-39,42-43H,40-41H2,1-4H3. The Morgan fingerprint density at radius 1 is 0.324 bits per heavy atom. The molecule has 0 heterocycles. The summed E-state index contributed by atoms with van der Waals surface area (Å²) in [6.45, 7) is 9.84. The van der Waals surface area contributed by atoms with Gasteiger partial charge in [-0.3, -0.25) is 0 Å². The molecule has 0 aromatic heterocycles.